The van der Waals surface area contributed by atoms with E-state index in [0.29, 0.717) is 16.7 Å². The van der Waals surface area contributed by atoms with E-state index >= 15 is 0 Å². The Morgan fingerprint density at radius 3 is 2.32 bits per heavy atom. The van der Waals surface area contributed by atoms with Crippen LogP contribution in [-0.2, 0) is 19.7 Å². The maximum Gasteiger partial charge on any atom is 0.120 e. The highest BCUT2D eigenvalue weighted by molar-refractivity contribution is 6.35. The van der Waals surface area contributed by atoms with E-state index in [9.17, 15) is 0 Å². The smallest absolute Gasteiger partial charge is 0.120 e. The van der Waals surface area contributed by atoms with Gasteiger partial charge < -0.3 is 10.1 Å². The van der Waals surface area contributed by atoms with Gasteiger partial charge in [-0.15, -0.1) is 0 Å². The Hall–Kier alpha value is -2.00. The van der Waals surface area contributed by atoms with Gasteiger partial charge in [0.05, 0.1) is 0 Å². The minimum atomic E-state index is 0.414. The lowest BCUT2D eigenvalue weighted by atomic mass is 10.2. The van der Waals surface area contributed by atoms with Gasteiger partial charge in [0.15, 0.2) is 0 Å². The first-order valence-electron chi connectivity index (χ1n) is 8.11. The molecule has 0 aliphatic rings. The minimum absolute atomic E-state index is 0.414. The van der Waals surface area contributed by atoms with Crippen LogP contribution >= 0.6 is 23.2 Å². The first-order valence-corrected chi connectivity index (χ1v) is 8.86. The van der Waals surface area contributed by atoms with E-state index in [0.717, 1.165) is 24.4 Å². The Kier molecular flexibility index (Phi) is 6.35. The fraction of sp³-hybridized carbons (Fsp3) is 0.143. The maximum absolute atomic E-state index is 6.18. The van der Waals surface area contributed by atoms with Gasteiger partial charge in [0, 0.05) is 28.7 Å². The molecular weight excluding hydrogens is 353 g/mol. The standard InChI is InChI=1S/C21H19Cl2NO/c22-19-10-9-18(21(23)12-19)15-25-20-8-4-7-17(11-20)14-24-13-16-5-2-1-3-6-16/h1-12,24H,13-15H2. The summed E-state index contributed by atoms with van der Waals surface area (Å²) in [4.78, 5) is 0. The maximum atomic E-state index is 6.18. The minimum Gasteiger partial charge on any atom is -0.489 e. The normalized spacial score (nSPS) is 10.6. The zero-order valence-corrected chi connectivity index (χ0v) is 15.2. The highest BCUT2D eigenvalue weighted by Crippen LogP contribution is 2.23. The Labute approximate surface area is 158 Å². The van der Waals surface area contributed by atoms with Crippen LogP contribution in [0.3, 0.4) is 0 Å². The zero-order valence-electron chi connectivity index (χ0n) is 13.7. The van der Waals surface area contributed by atoms with Gasteiger partial charge in [-0.3, -0.25) is 0 Å². The molecule has 0 saturated heterocycles. The second kappa shape index (κ2) is 8.91. The van der Waals surface area contributed by atoms with Crippen LogP contribution in [0.1, 0.15) is 16.7 Å². The third kappa shape index (κ3) is 5.50. The zero-order chi connectivity index (χ0) is 17.5. The third-order valence-electron chi connectivity index (χ3n) is 3.81. The molecule has 0 radical (unpaired) electrons. The molecule has 1 N–H and O–H groups in total. The van der Waals surface area contributed by atoms with Gasteiger partial charge in [-0.25, -0.2) is 0 Å². The fourth-order valence-electron chi connectivity index (χ4n) is 2.49. The van der Waals surface area contributed by atoms with E-state index < -0.39 is 0 Å². The summed E-state index contributed by atoms with van der Waals surface area (Å²) in [6, 6.07) is 23.9. The molecule has 0 unspecified atom stereocenters. The van der Waals surface area contributed by atoms with Gasteiger partial charge in [-0.2, -0.15) is 0 Å². The van der Waals surface area contributed by atoms with E-state index in [1.165, 1.54) is 11.1 Å². The second-order valence-corrected chi connectivity index (χ2v) is 6.60. The van der Waals surface area contributed by atoms with Gasteiger partial charge in [-0.1, -0.05) is 71.7 Å². The summed E-state index contributed by atoms with van der Waals surface area (Å²) in [6.45, 7) is 2.04. The molecule has 0 spiro atoms. The van der Waals surface area contributed by atoms with Gasteiger partial charge in [-0.05, 0) is 35.4 Å². The van der Waals surface area contributed by atoms with Crippen LogP contribution in [0.5, 0.6) is 5.75 Å². The molecule has 0 atom stereocenters. The van der Waals surface area contributed by atoms with Gasteiger partial charge in [0.25, 0.3) is 0 Å². The lowest BCUT2D eigenvalue weighted by molar-refractivity contribution is 0.306. The summed E-state index contributed by atoms with van der Waals surface area (Å²) < 4.78 is 5.86. The number of rotatable bonds is 7. The van der Waals surface area contributed by atoms with Gasteiger partial charge in [0.1, 0.15) is 12.4 Å². The van der Waals surface area contributed by atoms with E-state index in [4.69, 9.17) is 27.9 Å². The highest BCUT2D eigenvalue weighted by atomic mass is 35.5. The highest BCUT2D eigenvalue weighted by Gasteiger charge is 2.03. The van der Waals surface area contributed by atoms with Crippen LogP contribution in [0.15, 0.2) is 72.8 Å². The number of hydrogen-bond acceptors (Lipinski definition) is 2. The molecule has 3 rings (SSSR count). The van der Waals surface area contributed by atoms with Crippen LogP contribution in [0.4, 0.5) is 0 Å². The first-order chi connectivity index (χ1) is 12.2. The Morgan fingerprint density at radius 1 is 0.760 bits per heavy atom. The average molecular weight is 372 g/mol. The Balaban J connectivity index is 1.54. The lowest BCUT2D eigenvalue weighted by Gasteiger charge is -2.10. The fourth-order valence-corrected chi connectivity index (χ4v) is 2.96. The van der Waals surface area contributed by atoms with E-state index in [1.807, 2.05) is 48.5 Å². The van der Waals surface area contributed by atoms with E-state index in [2.05, 4.69) is 23.5 Å². The van der Waals surface area contributed by atoms with Crippen LogP contribution in [0.2, 0.25) is 10.0 Å². The second-order valence-electron chi connectivity index (χ2n) is 5.76. The molecule has 3 aromatic carbocycles. The molecule has 25 heavy (non-hydrogen) atoms. The predicted octanol–water partition coefficient (Wildman–Crippen LogP) is 5.86. The molecule has 4 heteroatoms. The molecule has 0 aliphatic heterocycles. The molecule has 2 nitrogen and oxygen atoms in total. The Morgan fingerprint density at radius 2 is 1.52 bits per heavy atom. The molecule has 0 heterocycles. The molecule has 0 aromatic heterocycles. The number of ether oxygens (including phenoxy) is 1. The van der Waals surface area contributed by atoms with Crippen LogP contribution in [0, 0.1) is 0 Å². The van der Waals surface area contributed by atoms with Crippen LogP contribution in [-0.4, -0.2) is 0 Å². The van der Waals surface area contributed by atoms with Crippen molar-refractivity contribution in [3.8, 4) is 5.75 Å². The van der Waals surface area contributed by atoms with Crippen molar-refractivity contribution < 1.29 is 4.74 Å². The molecule has 0 amide bonds. The van der Waals surface area contributed by atoms with Crippen molar-refractivity contribution in [3.63, 3.8) is 0 Å². The monoisotopic (exact) mass is 371 g/mol. The van der Waals surface area contributed by atoms with Crippen molar-refractivity contribution in [2.45, 2.75) is 19.7 Å². The molecule has 0 fully saturated rings. The van der Waals surface area contributed by atoms with Crippen LogP contribution < -0.4 is 10.1 Å². The van der Waals surface area contributed by atoms with Crippen molar-refractivity contribution in [1.82, 2.24) is 5.32 Å². The summed E-state index contributed by atoms with van der Waals surface area (Å²) >= 11 is 12.1. The van der Waals surface area contributed by atoms with Crippen molar-refractivity contribution >= 4 is 23.2 Å². The summed E-state index contributed by atoms with van der Waals surface area (Å²) in [7, 11) is 0. The number of benzene rings is 3. The van der Waals surface area contributed by atoms with E-state index in [1.54, 1.807) is 6.07 Å². The van der Waals surface area contributed by atoms with Gasteiger partial charge in [0.2, 0.25) is 0 Å². The topological polar surface area (TPSA) is 21.3 Å². The summed E-state index contributed by atoms with van der Waals surface area (Å²) in [5.41, 5.74) is 3.36. The van der Waals surface area contributed by atoms with E-state index in [-0.39, 0.29) is 0 Å². The largest absolute Gasteiger partial charge is 0.489 e. The molecule has 0 saturated carbocycles. The SMILES string of the molecule is Clc1ccc(COc2cccc(CNCc3ccccc3)c2)c(Cl)c1. The quantitative estimate of drug-likeness (QED) is 0.561. The lowest BCUT2D eigenvalue weighted by Crippen LogP contribution is -2.12. The Bertz CT molecular complexity index is 821. The first kappa shape index (κ1) is 17.8. The summed E-state index contributed by atoms with van der Waals surface area (Å²) in [5.74, 6) is 0.824. The molecular formula is C21H19Cl2NO. The summed E-state index contributed by atoms with van der Waals surface area (Å²) in [6.07, 6.45) is 0. The molecule has 128 valence electrons. The van der Waals surface area contributed by atoms with Crippen molar-refractivity contribution in [2.75, 3.05) is 0 Å². The third-order valence-corrected chi connectivity index (χ3v) is 4.40. The number of hydrogen-bond donors (Lipinski definition) is 1. The predicted molar refractivity (Wildman–Crippen MR) is 104 cm³/mol. The summed E-state index contributed by atoms with van der Waals surface area (Å²) in [5, 5.41) is 4.69. The van der Waals surface area contributed by atoms with Crippen molar-refractivity contribution in [2.24, 2.45) is 0 Å². The number of halogens is 2. The molecule has 3 aromatic rings. The van der Waals surface area contributed by atoms with Crippen molar-refractivity contribution in [1.29, 1.82) is 0 Å². The molecule has 0 bridgehead atoms. The molecule has 0 aliphatic carbocycles. The number of nitrogens with one attached hydrogen (secondary N) is 1. The van der Waals surface area contributed by atoms with Crippen molar-refractivity contribution in [3.05, 3.63) is 99.5 Å². The average Bonchev–Trinajstić information content (AvgIpc) is 2.62. The van der Waals surface area contributed by atoms with Gasteiger partial charge >= 0.3 is 0 Å². The van der Waals surface area contributed by atoms with Crippen LogP contribution in [0.25, 0.3) is 0 Å².